The molecular formula is C15H21N3O2. The summed E-state index contributed by atoms with van der Waals surface area (Å²) in [6, 6.07) is 0. The molecule has 1 aliphatic heterocycles. The van der Waals surface area contributed by atoms with E-state index in [-0.39, 0.29) is 5.92 Å². The lowest BCUT2D eigenvalue weighted by molar-refractivity contribution is -0.131. The van der Waals surface area contributed by atoms with Gasteiger partial charge in [-0.2, -0.15) is 4.98 Å². The number of nitrogens with zero attached hydrogens (tertiary/aromatic N) is 3. The molecule has 0 spiro atoms. The normalized spacial score (nSPS) is 27.4. The van der Waals surface area contributed by atoms with Crippen LogP contribution < -0.4 is 0 Å². The molecular weight excluding hydrogens is 254 g/mol. The Balaban J connectivity index is 1.42. The fourth-order valence-corrected chi connectivity index (χ4v) is 3.51. The lowest BCUT2D eigenvalue weighted by atomic mass is 10.1. The highest BCUT2D eigenvalue weighted by molar-refractivity contribution is 5.81. The highest BCUT2D eigenvalue weighted by Crippen LogP contribution is 2.36. The van der Waals surface area contributed by atoms with Gasteiger partial charge in [0.15, 0.2) is 5.82 Å². The summed E-state index contributed by atoms with van der Waals surface area (Å²) in [7, 11) is 0. The van der Waals surface area contributed by atoms with Crippen molar-refractivity contribution >= 4 is 5.91 Å². The largest absolute Gasteiger partial charge is 0.342 e. The Hall–Kier alpha value is -1.39. The van der Waals surface area contributed by atoms with Crippen LogP contribution in [0.5, 0.6) is 0 Å². The first-order valence-electron chi connectivity index (χ1n) is 7.93. The number of amides is 1. The van der Waals surface area contributed by atoms with Crippen molar-refractivity contribution in [3.05, 3.63) is 11.7 Å². The molecule has 1 saturated heterocycles. The molecule has 0 radical (unpaired) electrons. The molecule has 3 aliphatic rings. The summed E-state index contributed by atoms with van der Waals surface area (Å²) in [5, 5.41) is 4.17. The molecule has 2 aliphatic carbocycles. The predicted molar refractivity (Wildman–Crippen MR) is 72.2 cm³/mol. The summed E-state index contributed by atoms with van der Waals surface area (Å²) in [6.07, 6.45) is 8.05. The van der Waals surface area contributed by atoms with Gasteiger partial charge in [0.05, 0.1) is 5.92 Å². The zero-order valence-corrected chi connectivity index (χ0v) is 11.8. The fourth-order valence-electron chi connectivity index (χ4n) is 3.51. The van der Waals surface area contributed by atoms with Crippen LogP contribution in [-0.4, -0.2) is 34.0 Å². The molecule has 0 bridgehead atoms. The standard InChI is InChI=1S/C15H21N3O2/c19-15(11-5-6-11)18-8-7-12(9-18)14-16-13(17-20-14)10-3-1-2-4-10/h10-12H,1-9H2. The van der Waals surface area contributed by atoms with Gasteiger partial charge in [0.25, 0.3) is 0 Å². The van der Waals surface area contributed by atoms with Gasteiger partial charge in [-0.25, -0.2) is 0 Å². The van der Waals surface area contributed by atoms with E-state index in [1.807, 2.05) is 4.90 Å². The molecule has 1 aromatic heterocycles. The van der Waals surface area contributed by atoms with E-state index in [4.69, 9.17) is 4.52 Å². The Bertz CT molecular complexity index is 503. The van der Waals surface area contributed by atoms with E-state index in [9.17, 15) is 4.79 Å². The molecule has 2 saturated carbocycles. The minimum Gasteiger partial charge on any atom is -0.342 e. The van der Waals surface area contributed by atoms with Crippen LogP contribution in [0.15, 0.2) is 4.52 Å². The van der Waals surface area contributed by atoms with Crippen LogP contribution >= 0.6 is 0 Å². The Kier molecular flexibility index (Phi) is 3.00. The highest BCUT2D eigenvalue weighted by Gasteiger charge is 2.38. The third-order valence-electron chi connectivity index (χ3n) is 4.95. The SMILES string of the molecule is O=C(C1CC1)N1CCC(c2nc(C3CCCC3)no2)C1. The smallest absolute Gasteiger partial charge is 0.231 e. The van der Waals surface area contributed by atoms with Gasteiger partial charge in [0, 0.05) is 24.9 Å². The molecule has 1 atom stereocenters. The fraction of sp³-hybridized carbons (Fsp3) is 0.800. The summed E-state index contributed by atoms with van der Waals surface area (Å²) in [6.45, 7) is 1.61. The maximum atomic E-state index is 12.1. The average Bonchev–Trinajstić information content (AvgIpc) is 2.94. The Morgan fingerprint density at radius 1 is 1.10 bits per heavy atom. The van der Waals surface area contributed by atoms with Gasteiger partial charge in [0.2, 0.25) is 11.8 Å². The number of hydrogen-bond donors (Lipinski definition) is 0. The topological polar surface area (TPSA) is 59.2 Å². The molecule has 1 aromatic rings. The Morgan fingerprint density at radius 3 is 2.65 bits per heavy atom. The molecule has 1 amide bonds. The molecule has 20 heavy (non-hydrogen) atoms. The minimum absolute atomic E-state index is 0.250. The van der Waals surface area contributed by atoms with Gasteiger partial charge in [-0.3, -0.25) is 4.79 Å². The molecule has 3 fully saturated rings. The van der Waals surface area contributed by atoms with Crippen molar-refractivity contribution in [1.82, 2.24) is 15.0 Å². The van der Waals surface area contributed by atoms with E-state index < -0.39 is 0 Å². The van der Waals surface area contributed by atoms with E-state index >= 15 is 0 Å². The summed E-state index contributed by atoms with van der Waals surface area (Å²) >= 11 is 0. The highest BCUT2D eigenvalue weighted by atomic mass is 16.5. The van der Waals surface area contributed by atoms with Gasteiger partial charge in [-0.05, 0) is 32.1 Å². The van der Waals surface area contributed by atoms with Crippen LogP contribution in [0, 0.1) is 5.92 Å². The van der Waals surface area contributed by atoms with Gasteiger partial charge >= 0.3 is 0 Å². The number of carbonyl (C=O) groups is 1. The van der Waals surface area contributed by atoms with Crippen LogP contribution in [0.1, 0.15) is 68.5 Å². The van der Waals surface area contributed by atoms with Crippen molar-refractivity contribution in [2.24, 2.45) is 5.92 Å². The second-order valence-electron chi connectivity index (χ2n) is 6.52. The number of aromatic nitrogens is 2. The molecule has 5 nitrogen and oxygen atoms in total. The summed E-state index contributed by atoms with van der Waals surface area (Å²) in [5.74, 6) is 3.04. The van der Waals surface area contributed by atoms with Gasteiger partial charge in [-0.15, -0.1) is 0 Å². The quantitative estimate of drug-likeness (QED) is 0.850. The monoisotopic (exact) mass is 275 g/mol. The van der Waals surface area contributed by atoms with E-state index in [1.165, 1.54) is 25.7 Å². The Labute approximate surface area is 118 Å². The first-order chi connectivity index (χ1) is 9.81. The molecule has 2 heterocycles. The zero-order chi connectivity index (χ0) is 13.5. The molecule has 0 N–H and O–H groups in total. The van der Waals surface area contributed by atoms with Gasteiger partial charge < -0.3 is 9.42 Å². The van der Waals surface area contributed by atoms with E-state index in [0.717, 1.165) is 44.1 Å². The number of rotatable bonds is 3. The number of likely N-dealkylation sites (tertiary alicyclic amines) is 1. The lowest BCUT2D eigenvalue weighted by Crippen LogP contribution is -2.29. The Morgan fingerprint density at radius 2 is 1.90 bits per heavy atom. The number of hydrogen-bond acceptors (Lipinski definition) is 4. The lowest BCUT2D eigenvalue weighted by Gasteiger charge is -2.14. The minimum atomic E-state index is 0.250. The van der Waals surface area contributed by atoms with Gasteiger partial charge in [-0.1, -0.05) is 18.0 Å². The summed E-state index contributed by atoms with van der Waals surface area (Å²) < 4.78 is 5.47. The van der Waals surface area contributed by atoms with Crippen LogP contribution in [0.4, 0.5) is 0 Å². The van der Waals surface area contributed by atoms with Crippen molar-refractivity contribution in [2.45, 2.75) is 56.8 Å². The molecule has 108 valence electrons. The zero-order valence-electron chi connectivity index (χ0n) is 11.8. The molecule has 5 heteroatoms. The third-order valence-corrected chi connectivity index (χ3v) is 4.95. The molecule has 0 aromatic carbocycles. The molecule has 1 unspecified atom stereocenters. The van der Waals surface area contributed by atoms with Crippen molar-refractivity contribution < 1.29 is 9.32 Å². The number of carbonyl (C=O) groups excluding carboxylic acids is 1. The third kappa shape index (κ3) is 2.23. The van der Waals surface area contributed by atoms with E-state index in [0.29, 0.717) is 17.7 Å². The van der Waals surface area contributed by atoms with Crippen molar-refractivity contribution in [2.75, 3.05) is 13.1 Å². The van der Waals surface area contributed by atoms with E-state index in [2.05, 4.69) is 10.1 Å². The second-order valence-corrected chi connectivity index (χ2v) is 6.52. The van der Waals surface area contributed by atoms with E-state index in [1.54, 1.807) is 0 Å². The van der Waals surface area contributed by atoms with Crippen molar-refractivity contribution in [3.8, 4) is 0 Å². The maximum Gasteiger partial charge on any atom is 0.231 e. The van der Waals surface area contributed by atoms with Crippen LogP contribution in [0.25, 0.3) is 0 Å². The first kappa shape index (κ1) is 12.4. The maximum absolute atomic E-state index is 12.1. The summed E-state index contributed by atoms with van der Waals surface area (Å²) in [4.78, 5) is 18.7. The van der Waals surface area contributed by atoms with Gasteiger partial charge in [0.1, 0.15) is 0 Å². The predicted octanol–water partition coefficient (Wildman–Crippen LogP) is 2.45. The van der Waals surface area contributed by atoms with Crippen LogP contribution in [-0.2, 0) is 4.79 Å². The molecule has 4 rings (SSSR count). The average molecular weight is 275 g/mol. The second kappa shape index (κ2) is 4.86. The van der Waals surface area contributed by atoms with Crippen molar-refractivity contribution in [3.63, 3.8) is 0 Å². The van der Waals surface area contributed by atoms with Crippen molar-refractivity contribution in [1.29, 1.82) is 0 Å². The van der Waals surface area contributed by atoms with Crippen LogP contribution in [0.3, 0.4) is 0 Å². The summed E-state index contributed by atoms with van der Waals surface area (Å²) in [5.41, 5.74) is 0. The first-order valence-corrected chi connectivity index (χ1v) is 7.93. The van der Waals surface area contributed by atoms with Crippen LogP contribution in [0.2, 0.25) is 0 Å².